The molecular formula is C23H21F2NO. The Bertz CT molecular complexity index is 942. The molecule has 1 aromatic carbocycles. The highest BCUT2D eigenvalue weighted by Gasteiger charge is 2.46. The van der Waals surface area contributed by atoms with Gasteiger partial charge in [0.25, 0.3) is 5.92 Å². The summed E-state index contributed by atoms with van der Waals surface area (Å²) in [7, 11) is 0. The van der Waals surface area contributed by atoms with Gasteiger partial charge in [0.1, 0.15) is 0 Å². The normalized spacial score (nSPS) is 22.9. The van der Waals surface area contributed by atoms with E-state index in [0.29, 0.717) is 29.5 Å². The summed E-state index contributed by atoms with van der Waals surface area (Å²) in [5.74, 6) is -3.40. The molecule has 0 spiro atoms. The van der Waals surface area contributed by atoms with Gasteiger partial charge in [-0.1, -0.05) is 35.9 Å². The first-order valence-corrected chi connectivity index (χ1v) is 9.05. The number of nitrogens with zero attached hydrogens (tertiary/aromatic N) is 1. The number of hydrogen-bond donors (Lipinski definition) is 0. The van der Waals surface area contributed by atoms with Crippen LogP contribution in [0.3, 0.4) is 0 Å². The van der Waals surface area contributed by atoms with Gasteiger partial charge in [-0.2, -0.15) is 14.0 Å². The Labute approximate surface area is 158 Å². The maximum Gasteiger partial charge on any atom is 0.296 e. The van der Waals surface area contributed by atoms with Crippen LogP contribution in [0.15, 0.2) is 59.7 Å². The van der Waals surface area contributed by atoms with E-state index in [9.17, 15) is 13.6 Å². The van der Waals surface area contributed by atoms with E-state index >= 15 is 0 Å². The highest BCUT2D eigenvalue weighted by molar-refractivity contribution is 5.97. The topological polar surface area (TPSA) is 40.9 Å². The van der Waals surface area contributed by atoms with E-state index in [4.69, 9.17) is 5.26 Å². The molecular weight excluding hydrogens is 344 g/mol. The second kappa shape index (κ2) is 7.44. The maximum absolute atomic E-state index is 15.0. The van der Waals surface area contributed by atoms with Crippen LogP contribution in [0.5, 0.6) is 0 Å². The SMILES string of the molecule is C/C=C\C=C(/C)C[C@@H]1CCC2=C(/C=C\C1=O)c1cc(C#N)ccc1C2(F)F. The van der Waals surface area contributed by atoms with Crippen LogP contribution in [0.2, 0.25) is 0 Å². The lowest BCUT2D eigenvalue weighted by Crippen LogP contribution is -2.18. The number of allylic oxidation sites excluding steroid dienone is 8. The molecule has 4 heteroatoms. The number of ketones is 1. The molecule has 1 atom stereocenters. The van der Waals surface area contributed by atoms with E-state index in [-0.39, 0.29) is 29.3 Å². The van der Waals surface area contributed by atoms with Crippen molar-refractivity contribution in [2.75, 3.05) is 0 Å². The Balaban J connectivity index is 1.94. The average molecular weight is 365 g/mol. The van der Waals surface area contributed by atoms with Crippen molar-refractivity contribution in [3.05, 3.63) is 76.4 Å². The largest absolute Gasteiger partial charge is 0.296 e. The number of carbonyl (C=O) groups is 1. The minimum absolute atomic E-state index is 0.0389. The highest BCUT2D eigenvalue weighted by Crippen LogP contribution is 2.52. The van der Waals surface area contributed by atoms with Gasteiger partial charge in [0.05, 0.1) is 11.6 Å². The molecule has 0 saturated heterocycles. The van der Waals surface area contributed by atoms with Gasteiger partial charge in [-0.15, -0.1) is 0 Å². The van der Waals surface area contributed by atoms with Crippen molar-refractivity contribution >= 4 is 11.4 Å². The molecule has 0 N–H and O–H groups in total. The van der Waals surface area contributed by atoms with Crippen molar-refractivity contribution in [3.63, 3.8) is 0 Å². The Morgan fingerprint density at radius 1 is 1.37 bits per heavy atom. The monoisotopic (exact) mass is 365 g/mol. The van der Waals surface area contributed by atoms with Crippen LogP contribution in [0.1, 0.15) is 49.8 Å². The van der Waals surface area contributed by atoms with E-state index in [1.807, 2.05) is 38.1 Å². The van der Waals surface area contributed by atoms with Crippen molar-refractivity contribution in [2.24, 2.45) is 5.92 Å². The standard InChI is InChI=1S/C23H21F2NO/c1-3-4-5-15(2)12-17-7-10-20-18(8-11-22(17)27)19-13-16(14-26)6-9-21(19)23(20,24)25/h3-6,8-9,11,13,17H,7,10,12H2,1-2H3/b4-3-,11-8-,15-5+/t17-/m0/s1. The molecule has 2 aliphatic rings. The Hall–Kier alpha value is -2.80. The second-order valence-corrected chi connectivity index (χ2v) is 7.05. The fourth-order valence-electron chi connectivity index (χ4n) is 3.77. The summed E-state index contributed by atoms with van der Waals surface area (Å²) < 4.78 is 30.0. The molecule has 0 heterocycles. The number of benzene rings is 1. The summed E-state index contributed by atoms with van der Waals surface area (Å²) in [5.41, 5.74) is 2.11. The van der Waals surface area contributed by atoms with Crippen LogP contribution >= 0.6 is 0 Å². The Kier molecular flexibility index (Phi) is 5.23. The quantitative estimate of drug-likeness (QED) is 0.629. The fraction of sp³-hybridized carbons (Fsp3) is 0.304. The molecule has 0 amide bonds. The molecule has 0 unspecified atom stereocenters. The number of halogens is 2. The Morgan fingerprint density at radius 3 is 2.85 bits per heavy atom. The molecule has 138 valence electrons. The van der Waals surface area contributed by atoms with Crippen molar-refractivity contribution in [1.29, 1.82) is 5.26 Å². The lowest BCUT2D eigenvalue weighted by atomic mass is 9.85. The number of fused-ring (bicyclic) bond motifs is 2. The first-order valence-electron chi connectivity index (χ1n) is 9.05. The summed E-state index contributed by atoms with van der Waals surface area (Å²) in [6.45, 7) is 3.86. The smallest absolute Gasteiger partial charge is 0.295 e. The van der Waals surface area contributed by atoms with E-state index < -0.39 is 5.92 Å². The summed E-state index contributed by atoms with van der Waals surface area (Å²) in [5, 5.41) is 9.08. The molecule has 0 radical (unpaired) electrons. The van der Waals surface area contributed by atoms with Gasteiger partial charge in [-0.25, -0.2) is 0 Å². The number of hydrogen-bond acceptors (Lipinski definition) is 2. The third kappa shape index (κ3) is 3.55. The average Bonchev–Trinajstić information content (AvgIpc) is 2.85. The van der Waals surface area contributed by atoms with Gasteiger partial charge in [0, 0.05) is 17.1 Å². The molecule has 0 bridgehead atoms. The molecule has 0 aliphatic heterocycles. The summed E-state index contributed by atoms with van der Waals surface area (Å²) in [6.07, 6.45) is 9.81. The van der Waals surface area contributed by atoms with E-state index in [1.54, 1.807) is 0 Å². The van der Waals surface area contributed by atoms with Crippen LogP contribution in [0.25, 0.3) is 5.57 Å². The van der Waals surface area contributed by atoms with Crippen molar-refractivity contribution < 1.29 is 13.6 Å². The van der Waals surface area contributed by atoms with Crippen LogP contribution in [-0.2, 0) is 10.7 Å². The van der Waals surface area contributed by atoms with Crippen LogP contribution < -0.4 is 0 Å². The van der Waals surface area contributed by atoms with Crippen molar-refractivity contribution in [2.45, 2.75) is 39.0 Å². The highest BCUT2D eigenvalue weighted by atomic mass is 19.3. The van der Waals surface area contributed by atoms with E-state index in [2.05, 4.69) is 0 Å². The number of nitriles is 1. The van der Waals surface area contributed by atoms with Gasteiger partial charge in [-0.3, -0.25) is 4.79 Å². The van der Waals surface area contributed by atoms with E-state index in [1.165, 1.54) is 30.4 Å². The van der Waals surface area contributed by atoms with Gasteiger partial charge in [0.15, 0.2) is 5.78 Å². The zero-order chi connectivity index (χ0) is 19.6. The number of alkyl halides is 2. The van der Waals surface area contributed by atoms with Crippen molar-refractivity contribution in [1.82, 2.24) is 0 Å². The molecule has 27 heavy (non-hydrogen) atoms. The minimum Gasteiger partial charge on any atom is -0.295 e. The predicted molar refractivity (Wildman–Crippen MR) is 102 cm³/mol. The van der Waals surface area contributed by atoms with Crippen LogP contribution in [-0.4, -0.2) is 5.78 Å². The number of rotatable bonds is 3. The minimum atomic E-state index is -3.07. The molecule has 0 fully saturated rings. The van der Waals surface area contributed by atoms with Crippen molar-refractivity contribution in [3.8, 4) is 6.07 Å². The number of carbonyl (C=O) groups excluding carboxylic acids is 1. The first kappa shape index (κ1) is 19.0. The zero-order valence-electron chi connectivity index (χ0n) is 15.4. The fourth-order valence-corrected chi connectivity index (χ4v) is 3.77. The van der Waals surface area contributed by atoms with Gasteiger partial charge in [-0.05, 0) is 62.5 Å². The van der Waals surface area contributed by atoms with Crippen LogP contribution in [0, 0.1) is 17.2 Å². The van der Waals surface area contributed by atoms with Gasteiger partial charge in [0.2, 0.25) is 0 Å². The lowest BCUT2D eigenvalue weighted by Gasteiger charge is -2.21. The molecule has 2 nitrogen and oxygen atoms in total. The maximum atomic E-state index is 15.0. The molecule has 0 aromatic heterocycles. The second-order valence-electron chi connectivity index (χ2n) is 7.05. The van der Waals surface area contributed by atoms with Crippen LogP contribution in [0.4, 0.5) is 8.78 Å². The first-order chi connectivity index (χ1) is 12.9. The predicted octanol–water partition coefficient (Wildman–Crippen LogP) is 5.87. The third-order valence-corrected chi connectivity index (χ3v) is 5.18. The third-order valence-electron chi connectivity index (χ3n) is 5.18. The summed E-state index contributed by atoms with van der Waals surface area (Å²) in [4.78, 5) is 12.6. The summed E-state index contributed by atoms with van der Waals surface area (Å²) in [6, 6.07) is 6.23. The molecule has 1 aromatic rings. The Morgan fingerprint density at radius 2 is 2.15 bits per heavy atom. The lowest BCUT2D eigenvalue weighted by molar-refractivity contribution is -0.118. The van der Waals surface area contributed by atoms with Gasteiger partial charge >= 0.3 is 0 Å². The zero-order valence-corrected chi connectivity index (χ0v) is 15.4. The molecule has 2 aliphatic carbocycles. The molecule has 3 rings (SSSR count). The van der Waals surface area contributed by atoms with E-state index in [0.717, 1.165) is 5.57 Å². The van der Waals surface area contributed by atoms with Gasteiger partial charge < -0.3 is 0 Å². The molecule has 0 saturated carbocycles. The summed E-state index contributed by atoms with van der Waals surface area (Å²) >= 11 is 0.